The van der Waals surface area contributed by atoms with Gasteiger partial charge in [0.05, 0.1) is 11.4 Å². The topological polar surface area (TPSA) is 48.8 Å². The van der Waals surface area contributed by atoms with Crippen LogP contribution in [0.5, 0.6) is 0 Å². The molecule has 0 aliphatic carbocycles. The molecule has 0 saturated heterocycles. The van der Waals surface area contributed by atoms with Crippen LogP contribution in [0.15, 0.2) is 132 Å². The molecular formula is C27H22N4S. The monoisotopic (exact) mass is 434 g/mol. The van der Waals surface area contributed by atoms with Crippen LogP contribution in [0.1, 0.15) is 22.3 Å². The smallest absolute Gasteiger partial charge is 0.207 e. The maximum Gasteiger partial charge on any atom is 0.207 e. The predicted molar refractivity (Wildman–Crippen MR) is 136 cm³/mol. The SMILES string of the molecule is S=C(NN=C(c1ccccc1)c1ccccc1)NN=C(c1ccccc1)c1ccccc1. The fourth-order valence-corrected chi connectivity index (χ4v) is 3.31. The molecule has 0 unspecified atom stereocenters. The highest BCUT2D eigenvalue weighted by atomic mass is 32.1. The Morgan fingerprint density at radius 3 is 0.938 bits per heavy atom. The lowest BCUT2D eigenvalue weighted by Gasteiger charge is -2.10. The summed E-state index contributed by atoms with van der Waals surface area (Å²) in [5.41, 5.74) is 11.4. The number of hydrogen-bond acceptors (Lipinski definition) is 3. The van der Waals surface area contributed by atoms with Crippen LogP contribution in [0.3, 0.4) is 0 Å². The van der Waals surface area contributed by atoms with Crippen LogP contribution in [0.25, 0.3) is 0 Å². The maximum absolute atomic E-state index is 5.45. The Kier molecular flexibility index (Phi) is 7.14. The Labute approximate surface area is 193 Å². The van der Waals surface area contributed by atoms with Crippen LogP contribution in [0.4, 0.5) is 0 Å². The van der Waals surface area contributed by atoms with Crippen LogP contribution in [-0.2, 0) is 0 Å². The lowest BCUT2D eigenvalue weighted by atomic mass is 10.0. The average molecular weight is 435 g/mol. The van der Waals surface area contributed by atoms with E-state index in [0.29, 0.717) is 5.11 Å². The van der Waals surface area contributed by atoms with Crippen molar-refractivity contribution in [1.82, 2.24) is 10.9 Å². The van der Waals surface area contributed by atoms with Gasteiger partial charge in [-0.05, 0) is 12.2 Å². The summed E-state index contributed by atoms with van der Waals surface area (Å²) in [6.07, 6.45) is 0. The molecule has 0 saturated carbocycles. The molecule has 4 aromatic carbocycles. The summed E-state index contributed by atoms with van der Waals surface area (Å²) in [5.74, 6) is 0. The van der Waals surface area contributed by atoms with Gasteiger partial charge < -0.3 is 0 Å². The van der Waals surface area contributed by atoms with Crippen LogP contribution < -0.4 is 10.9 Å². The van der Waals surface area contributed by atoms with Gasteiger partial charge in [0.1, 0.15) is 0 Å². The Morgan fingerprint density at radius 1 is 0.438 bits per heavy atom. The molecule has 0 fully saturated rings. The first-order valence-corrected chi connectivity index (χ1v) is 10.6. The molecular weight excluding hydrogens is 412 g/mol. The lowest BCUT2D eigenvalue weighted by Crippen LogP contribution is -2.30. The molecule has 156 valence electrons. The van der Waals surface area contributed by atoms with Crippen molar-refractivity contribution in [3.63, 3.8) is 0 Å². The number of nitrogens with one attached hydrogen (secondary N) is 2. The highest BCUT2D eigenvalue weighted by Crippen LogP contribution is 2.11. The molecule has 32 heavy (non-hydrogen) atoms. The van der Waals surface area contributed by atoms with Crippen molar-refractivity contribution in [2.75, 3.05) is 0 Å². The van der Waals surface area contributed by atoms with Crippen molar-refractivity contribution in [2.24, 2.45) is 10.2 Å². The Morgan fingerprint density at radius 2 is 0.688 bits per heavy atom. The summed E-state index contributed by atoms with van der Waals surface area (Å²) in [4.78, 5) is 0. The number of benzene rings is 4. The normalized spacial score (nSPS) is 10.0. The van der Waals surface area contributed by atoms with Crippen molar-refractivity contribution in [3.05, 3.63) is 144 Å². The van der Waals surface area contributed by atoms with Crippen LogP contribution in [0, 0.1) is 0 Å². The van der Waals surface area contributed by atoms with Crippen molar-refractivity contribution in [2.45, 2.75) is 0 Å². The minimum atomic E-state index is 0.304. The van der Waals surface area contributed by atoms with E-state index in [1.54, 1.807) is 0 Å². The van der Waals surface area contributed by atoms with E-state index in [1.165, 1.54) is 0 Å². The first kappa shape index (κ1) is 21.2. The summed E-state index contributed by atoms with van der Waals surface area (Å²) in [5, 5.41) is 9.47. The first-order chi connectivity index (χ1) is 15.8. The molecule has 0 atom stereocenters. The number of hydrazone groups is 2. The van der Waals surface area contributed by atoms with Crippen molar-refractivity contribution >= 4 is 28.8 Å². The highest BCUT2D eigenvalue weighted by molar-refractivity contribution is 7.80. The third-order valence-electron chi connectivity index (χ3n) is 4.73. The molecule has 2 N–H and O–H groups in total. The van der Waals surface area contributed by atoms with Gasteiger partial charge in [0.25, 0.3) is 0 Å². The second kappa shape index (κ2) is 10.8. The zero-order valence-corrected chi connectivity index (χ0v) is 18.2. The summed E-state index contributed by atoms with van der Waals surface area (Å²) in [7, 11) is 0. The second-order valence-corrected chi connectivity index (χ2v) is 7.35. The lowest BCUT2D eigenvalue weighted by molar-refractivity contribution is 0.927. The van der Waals surface area contributed by atoms with Crippen molar-refractivity contribution in [1.29, 1.82) is 0 Å². The largest absolute Gasteiger partial charge is 0.252 e. The molecule has 0 spiro atoms. The van der Waals surface area contributed by atoms with Crippen LogP contribution >= 0.6 is 12.2 Å². The van der Waals surface area contributed by atoms with E-state index < -0.39 is 0 Å². The van der Waals surface area contributed by atoms with Gasteiger partial charge in [-0.2, -0.15) is 10.2 Å². The van der Waals surface area contributed by atoms with Gasteiger partial charge in [0, 0.05) is 22.3 Å². The van der Waals surface area contributed by atoms with E-state index in [4.69, 9.17) is 12.2 Å². The summed E-state index contributed by atoms with van der Waals surface area (Å²) >= 11 is 5.45. The standard InChI is InChI=1S/C27H22N4S/c32-27(30-28-25(21-13-5-1-6-14-21)22-15-7-2-8-16-22)31-29-26(23-17-9-3-10-18-23)24-19-11-4-12-20-24/h1-20H,(H2,30,31,32). The summed E-state index contributed by atoms with van der Waals surface area (Å²) < 4.78 is 0. The van der Waals surface area contributed by atoms with Gasteiger partial charge in [-0.3, -0.25) is 10.9 Å². The highest BCUT2D eigenvalue weighted by Gasteiger charge is 2.08. The number of thiocarbonyl (C=S) groups is 1. The molecule has 0 bridgehead atoms. The number of nitrogens with zero attached hydrogens (tertiary/aromatic N) is 2. The van der Waals surface area contributed by atoms with Gasteiger partial charge in [-0.15, -0.1) is 0 Å². The number of hydrogen-bond donors (Lipinski definition) is 2. The summed E-state index contributed by atoms with van der Waals surface area (Å²) in [6, 6.07) is 40.0. The van der Waals surface area contributed by atoms with Gasteiger partial charge in [-0.1, -0.05) is 121 Å². The van der Waals surface area contributed by atoms with E-state index >= 15 is 0 Å². The van der Waals surface area contributed by atoms with E-state index in [9.17, 15) is 0 Å². The average Bonchev–Trinajstić information content (AvgIpc) is 2.87. The fourth-order valence-electron chi connectivity index (χ4n) is 3.21. The first-order valence-electron chi connectivity index (χ1n) is 10.2. The van der Waals surface area contributed by atoms with E-state index in [0.717, 1.165) is 33.7 Å². The number of rotatable bonds is 6. The minimum Gasteiger partial charge on any atom is -0.252 e. The molecule has 4 aromatic rings. The molecule has 0 aromatic heterocycles. The molecule has 0 heterocycles. The molecule has 5 heteroatoms. The molecule has 0 amide bonds. The Hall–Kier alpha value is -4.09. The quantitative estimate of drug-likeness (QED) is 0.244. The molecule has 0 radical (unpaired) electrons. The zero-order chi connectivity index (χ0) is 22.0. The summed E-state index contributed by atoms with van der Waals surface area (Å²) in [6.45, 7) is 0. The third-order valence-corrected chi connectivity index (χ3v) is 4.91. The van der Waals surface area contributed by atoms with Crippen molar-refractivity contribution < 1.29 is 0 Å². The van der Waals surface area contributed by atoms with Gasteiger partial charge >= 0.3 is 0 Å². The predicted octanol–water partition coefficient (Wildman–Crippen LogP) is 5.36. The van der Waals surface area contributed by atoms with E-state index in [2.05, 4.69) is 21.1 Å². The molecule has 4 nitrogen and oxygen atoms in total. The molecule has 0 aliphatic rings. The van der Waals surface area contributed by atoms with Crippen LogP contribution in [0.2, 0.25) is 0 Å². The molecule has 0 aliphatic heterocycles. The van der Waals surface area contributed by atoms with E-state index in [1.807, 2.05) is 121 Å². The van der Waals surface area contributed by atoms with Crippen LogP contribution in [-0.4, -0.2) is 16.5 Å². The fraction of sp³-hybridized carbons (Fsp3) is 0. The van der Waals surface area contributed by atoms with Crippen molar-refractivity contribution in [3.8, 4) is 0 Å². The Balaban J connectivity index is 1.57. The minimum absolute atomic E-state index is 0.304. The molecule has 4 rings (SSSR count). The third kappa shape index (κ3) is 5.53. The maximum atomic E-state index is 5.45. The van der Waals surface area contributed by atoms with Gasteiger partial charge in [0.15, 0.2) is 0 Å². The second-order valence-electron chi connectivity index (χ2n) is 6.94. The van der Waals surface area contributed by atoms with Gasteiger partial charge in [0.2, 0.25) is 5.11 Å². The van der Waals surface area contributed by atoms with E-state index in [-0.39, 0.29) is 0 Å². The van der Waals surface area contributed by atoms with Gasteiger partial charge in [-0.25, -0.2) is 0 Å². The Bertz CT molecular complexity index is 1030. The zero-order valence-electron chi connectivity index (χ0n) is 17.3.